The minimum absolute atomic E-state index is 0.711. The van der Waals surface area contributed by atoms with Crippen LogP contribution in [0.3, 0.4) is 0 Å². The maximum atomic E-state index is 3.95. The summed E-state index contributed by atoms with van der Waals surface area (Å²) in [7, 11) is 0. The first kappa shape index (κ1) is 12.8. The van der Waals surface area contributed by atoms with Crippen LogP contribution >= 0.6 is 0 Å². The van der Waals surface area contributed by atoms with Gasteiger partial charge in [-0.15, -0.1) is 0 Å². The van der Waals surface area contributed by atoms with Crippen molar-refractivity contribution >= 4 is 0 Å². The summed E-state index contributed by atoms with van der Waals surface area (Å²) >= 11 is 0. The predicted octanol–water partition coefficient (Wildman–Crippen LogP) is 2.76. The van der Waals surface area contributed by atoms with Crippen molar-refractivity contribution in [2.75, 3.05) is 13.1 Å². The summed E-state index contributed by atoms with van der Waals surface area (Å²) in [6, 6.07) is 11.4. The Morgan fingerprint density at radius 1 is 0.850 bits per heavy atom. The largest absolute Gasteiger partial charge is 0.311 e. The summed E-state index contributed by atoms with van der Waals surface area (Å²) in [4.78, 5) is 2.72. The molecule has 0 radical (unpaired) electrons. The Morgan fingerprint density at radius 2 is 1.60 bits per heavy atom. The lowest BCUT2D eigenvalue weighted by Crippen LogP contribution is -2.48. The van der Waals surface area contributed by atoms with E-state index < -0.39 is 0 Å². The van der Waals surface area contributed by atoms with Crippen LogP contribution in [0.25, 0.3) is 0 Å². The van der Waals surface area contributed by atoms with E-state index >= 15 is 0 Å². The molecule has 3 aliphatic rings. The fraction of sp³-hybridized carbons (Fsp3) is 0.667. The van der Waals surface area contributed by atoms with Crippen molar-refractivity contribution in [1.82, 2.24) is 10.2 Å². The predicted molar refractivity (Wildman–Crippen MR) is 83.0 cm³/mol. The number of benzene rings is 1. The van der Waals surface area contributed by atoms with E-state index in [0.29, 0.717) is 6.04 Å². The third-order valence-corrected chi connectivity index (χ3v) is 5.41. The zero-order valence-corrected chi connectivity index (χ0v) is 12.4. The normalized spacial score (nSPS) is 28.3. The Bertz CT molecular complexity index is 458. The topological polar surface area (TPSA) is 15.3 Å². The summed E-state index contributed by atoms with van der Waals surface area (Å²) in [5.74, 6) is 0. The van der Waals surface area contributed by atoms with Gasteiger partial charge in [-0.2, -0.15) is 0 Å². The van der Waals surface area contributed by atoms with Crippen LogP contribution in [0.2, 0.25) is 0 Å². The number of nitrogens with one attached hydrogen (secondary N) is 1. The Labute approximate surface area is 122 Å². The number of fused-ring (bicyclic) bond motifs is 1. The van der Waals surface area contributed by atoms with Gasteiger partial charge in [-0.25, -0.2) is 0 Å². The molecular weight excluding hydrogens is 244 g/mol. The van der Waals surface area contributed by atoms with E-state index in [-0.39, 0.29) is 0 Å². The number of nitrogens with zero attached hydrogens (tertiary/aromatic N) is 1. The number of likely N-dealkylation sites (tertiary alicyclic amines) is 1. The molecule has 1 unspecified atom stereocenters. The zero-order valence-electron chi connectivity index (χ0n) is 12.4. The van der Waals surface area contributed by atoms with Gasteiger partial charge < -0.3 is 10.2 Å². The van der Waals surface area contributed by atoms with Gasteiger partial charge in [-0.1, -0.05) is 24.3 Å². The highest BCUT2D eigenvalue weighted by atomic mass is 15.2. The van der Waals surface area contributed by atoms with Gasteiger partial charge >= 0.3 is 0 Å². The molecule has 1 aliphatic heterocycles. The molecule has 2 nitrogen and oxygen atoms in total. The van der Waals surface area contributed by atoms with E-state index in [4.69, 9.17) is 0 Å². The van der Waals surface area contributed by atoms with Crippen LogP contribution in [-0.2, 0) is 12.8 Å². The van der Waals surface area contributed by atoms with E-state index in [1.165, 1.54) is 58.0 Å². The molecule has 2 heteroatoms. The third kappa shape index (κ3) is 2.77. The summed E-state index contributed by atoms with van der Waals surface area (Å²) in [5.41, 5.74) is 3.15. The fourth-order valence-corrected chi connectivity index (χ4v) is 4.04. The molecule has 1 aromatic rings. The van der Waals surface area contributed by atoms with Gasteiger partial charge in [0.1, 0.15) is 0 Å². The van der Waals surface area contributed by atoms with Crippen LogP contribution in [0.5, 0.6) is 0 Å². The lowest BCUT2D eigenvalue weighted by atomic mass is 9.87. The number of rotatable bonds is 3. The van der Waals surface area contributed by atoms with Crippen molar-refractivity contribution < 1.29 is 0 Å². The second-order valence-corrected chi connectivity index (χ2v) is 6.92. The van der Waals surface area contributed by atoms with Gasteiger partial charge in [0.15, 0.2) is 0 Å². The number of hydrogen-bond donors (Lipinski definition) is 1. The van der Waals surface area contributed by atoms with Crippen molar-refractivity contribution in [2.24, 2.45) is 0 Å². The van der Waals surface area contributed by atoms with Crippen LogP contribution in [0.4, 0.5) is 0 Å². The van der Waals surface area contributed by atoms with Gasteiger partial charge in [-0.3, -0.25) is 0 Å². The van der Waals surface area contributed by atoms with Crippen molar-refractivity contribution in [3.8, 4) is 0 Å². The summed E-state index contributed by atoms with van der Waals surface area (Å²) in [6.07, 6.45) is 9.44. The highest BCUT2D eigenvalue weighted by molar-refractivity contribution is 5.30. The van der Waals surface area contributed by atoms with Crippen LogP contribution < -0.4 is 5.32 Å². The molecule has 2 fully saturated rings. The molecular formula is C18H26N2. The average molecular weight is 270 g/mol. The van der Waals surface area contributed by atoms with Crippen molar-refractivity contribution in [3.05, 3.63) is 35.4 Å². The fourth-order valence-electron chi connectivity index (χ4n) is 4.04. The van der Waals surface area contributed by atoms with Crippen molar-refractivity contribution in [2.45, 2.75) is 63.1 Å². The SMILES string of the molecule is c1ccc2c(c1)CCC(NC1CCN(C3CC3)CC1)C2. The smallest absolute Gasteiger partial charge is 0.0113 e. The molecule has 1 atom stereocenters. The lowest BCUT2D eigenvalue weighted by Gasteiger charge is -2.36. The maximum Gasteiger partial charge on any atom is 0.0113 e. The first-order valence-electron chi connectivity index (χ1n) is 8.45. The molecule has 1 N–H and O–H groups in total. The molecule has 0 bridgehead atoms. The summed E-state index contributed by atoms with van der Waals surface area (Å²) in [6.45, 7) is 2.65. The van der Waals surface area contributed by atoms with Crippen LogP contribution in [0, 0.1) is 0 Å². The lowest BCUT2D eigenvalue weighted by molar-refractivity contribution is 0.181. The molecule has 1 aromatic carbocycles. The molecule has 1 heterocycles. The summed E-state index contributed by atoms with van der Waals surface area (Å²) < 4.78 is 0. The standard InChI is InChI=1S/C18H26N2/c1-2-4-15-13-17(6-5-14(15)3-1)19-16-9-11-20(12-10-16)18-7-8-18/h1-4,16-19H,5-13H2. The second kappa shape index (κ2) is 5.50. The van der Waals surface area contributed by atoms with E-state index in [1.54, 1.807) is 11.1 Å². The highest BCUT2D eigenvalue weighted by Gasteiger charge is 2.32. The molecule has 0 spiro atoms. The Morgan fingerprint density at radius 3 is 2.35 bits per heavy atom. The Hall–Kier alpha value is -0.860. The van der Waals surface area contributed by atoms with Gasteiger partial charge in [0.05, 0.1) is 0 Å². The minimum Gasteiger partial charge on any atom is -0.311 e. The van der Waals surface area contributed by atoms with Gasteiger partial charge in [-0.05, 0) is 69.2 Å². The van der Waals surface area contributed by atoms with Gasteiger partial charge in [0, 0.05) is 18.1 Å². The highest BCUT2D eigenvalue weighted by Crippen LogP contribution is 2.29. The van der Waals surface area contributed by atoms with E-state index in [9.17, 15) is 0 Å². The quantitative estimate of drug-likeness (QED) is 0.908. The number of hydrogen-bond acceptors (Lipinski definition) is 2. The molecule has 4 rings (SSSR count). The van der Waals surface area contributed by atoms with Crippen LogP contribution in [0.15, 0.2) is 24.3 Å². The van der Waals surface area contributed by atoms with E-state index in [2.05, 4.69) is 34.5 Å². The molecule has 1 saturated heterocycles. The number of piperidine rings is 1. The Balaban J connectivity index is 1.30. The van der Waals surface area contributed by atoms with Crippen LogP contribution in [-0.4, -0.2) is 36.1 Å². The summed E-state index contributed by atoms with van der Waals surface area (Å²) in [5, 5.41) is 3.95. The molecule has 2 aliphatic carbocycles. The van der Waals surface area contributed by atoms with Gasteiger partial charge in [0.25, 0.3) is 0 Å². The maximum absolute atomic E-state index is 3.95. The van der Waals surface area contributed by atoms with Gasteiger partial charge in [0.2, 0.25) is 0 Å². The molecule has 1 saturated carbocycles. The second-order valence-electron chi connectivity index (χ2n) is 6.92. The van der Waals surface area contributed by atoms with E-state index in [0.717, 1.165) is 12.1 Å². The molecule has 0 amide bonds. The minimum atomic E-state index is 0.711. The van der Waals surface area contributed by atoms with E-state index in [1.807, 2.05) is 0 Å². The Kier molecular flexibility index (Phi) is 3.53. The average Bonchev–Trinajstić information content (AvgIpc) is 3.33. The first-order valence-corrected chi connectivity index (χ1v) is 8.45. The monoisotopic (exact) mass is 270 g/mol. The molecule has 0 aromatic heterocycles. The third-order valence-electron chi connectivity index (χ3n) is 5.41. The zero-order chi connectivity index (χ0) is 13.4. The van der Waals surface area contributed by atoms with Crippen LogP contribution in [0.1, 0.15) is 43.2 Å². The first-order chi connectivity index (χ1) is 9.88. The molecule has 108 valence electrons. The number of aryl methyl sites for hydroxylation is 1. The molecule has 20 heavy (non-hydrogen) atoms. The van der Waals surface area contributed by atoms with Crippen molar-refractivity contribution in [3.63, 3.8) is 0 Å². The van der Waals surface area contributed by atoms with Crippen molar-refractivity contribution in [1.29, 1.82) is 0 Å².